The van der Waals surface area contributed by atoms with E-state index in [4.69, 9.17) is 0 Å². The van der Waals surface area contributed by atoms with Crippen molar-refractivity contribution >= 4 is 5.91 Å². The summed E-state index contributed by atoms with van der Waals surface area (Å²) < 4.78 is 0. The van der Waals surface area contributed by atoms with Gasteiger partial charge in [0.2, 0.25) is 5.91 Å². The number of amides is 1. The molecule has 12 heavy (non-hydrogen) atoms. The lowest BCUT2D eigenvalue weighted by atomic mass is 9.81. The predicted octanol–water partition coefficient (Wildman–Crippen LogP) is 1.51. The van der Waals surface area contributed by atoms with Gasteiger partial charge >= 0.3 is 0 Å². The average molecular weight is 167 g/mol. The second kappa shape index (κ2) is 2.75. The summed E-state index contributed by atoms with van der Waals surface area (Å²) in [5.41, 5.74) is 0. The molecule has 0 aliphatic heterocycles. The van der Waals surface area contributed by atoms with E-state index in [0.29, 0.717) is 11.8 Å². The highest BCUT2D eigenvalue weighted by Crippen LogP contribution is 2.52. The summed E-state index contributed by atoms with van der Waals surface area (Å²) in [6.45, 7) is 0. The Bertz CT molecular complexity index is 196. The smallest absolute Gasteiger partial charge is 0.225 e. The van der Waals surface area contributed by atoms with Crippen LogP contribution in [0.1, 0.15) is 25.7 Å². The third-order valence-electron chi connectivity index (χ3n) is 3.35. The van der Waals surface area contributed by atoms with Gasteiger partial charge in [-0.2, -0.15) is 0 Å². The van der Waals surface area contributed by atoms with Crippen molar-refractivity contribution in [2.45, 2.75) is 25.7 Å². The maximum atomic E-state index is 11.5. The minimum absolute atomic E-state index is 0.354. The summed E-state index contributed by atoms with van der Waals surface area (Å²) in [5.74, 6) is 2.41. The lowest BCUT2D eigenvalue weighted by molar-refractivity contribution is -0.130. The molecule has 1 amide bonds. The summed E-state index contributed by atoms with van der Waals surface area (Å²) in [7, 11) is 3.72. The summed E-state index contributed by atoms with van der Waals surface area (Å²) in [5, 5.41) is 0. The Balaban J connectivity index is 1.82. The van der Waals surface area contributed by atoms with Gasteiger partial charge in [0.1, 0.15) is 0 Å². The first-order valence-electron chi connectivity index (χ1n) is 4.91. The Morgan fingerprint density at radius 3 is 2.42 bits per heavy atom. The number of carbonyl (C=O) groups is 1. The van der Waals surface area contributed by atoms with Gasteiger partial charge in [-0.25, -0.2) is 0 Å². The van der Waals surface area contributed by atoms with Gasteiger partial charge in [0, 0.05) is 20.0 Å². The quantitative estimate of drug-likeness (QED) is 0.610. The van der Waals surface area contributed by atoms with Crippen molar-refractivity contribution in [1.82, 2.24) is 4.90 Å². The molecule has 2 rings (SSSR count). The van der Waals surface area contributed by atoms with E-state index < -0.39 is 0 Å². The monoisotopic (exact) mass is 167 g/mol. The maximum absolute atomic E-state index is 11.5. The van der Waals surface area contributed by atoms with Crippen LogP contribution in [0, 0.1) is 17.8 Å². The molecule has 2 saturated carbocycles. The van der Waals surface area contributed by atoms with Crippen LogP contribution in [0.3, 0.4) is 0 Å². The zero-order valence-electron chi connectivity index (χ0n) is 7.92. The fourth-order valence-electron chi connectivity index (χ4n) is 2.22. The van der Waals surface area contributed by atoms with Crippen LogP contribution in [-0.2, 0) is 4.79 Å². The van der Waals surface area contributed by atoms with Crippen molar-refractivity contribution in [2.75, 3.05) is 14.1 Å². The Labute approximate surface area is 73.9 Å². The maximum Gasteiger partial charge on any atom is 0.225 e. The molecule has 2 unspecified atom stereocenters. The average Bonchev–Trinajstić information content (AvgIpc) is 2.62. The largest absolute Gasteiger partial charge is 0.349 e. The standard InChI is InChI=1S/C10H17NO/c1-11(2)10(12)9-6-8(9)7-4-3-5-7/h7-9H,3-6H2,1-2H3. The molecular formula is C10H17NO. The van der Waals surface area contributed by atoms with Crippen molar-refractivity contribution in [3.05, 3.63) is 0 Å². The molecule has 0 aromatic heterocycles. The molecule has 2 aliphatic carbocycles. The molecule has 68 valence electrons. The van der Waals surface area contributed by atoms with E-state index in [1.807, 2.05) is 14.1 Å². The van der Waals surface area contributed by atoms with E-state index in [2.05, 4.69) is 0 Å². The molecule has 2 fully saturated rings. The second-order valence-corrected chi connectivity index (χ2v) is 4.43. The van der Waals surface area contributed by atoms with Crippen molar-refractivity contribution in [1.29, 1.82) is 0 Å². The van der Waals surface area contributed by atoms with Gasteiger partial charge in [-0.1, -0.05) is 19.3 Å². The van der Waals surface area contributed by atoms with Crippen LogP contribution in [-0.4, -0.2) is 24.9 Å². The molecule has 0 heterocycles. The van der Waals surface area contributed by atoms with Gasteiger partial charge in [0.25, 0.3) is 0 Å². The van der Waals surface area contributed by atoms with Crippen LogP contribution in [0.25, 0.3) is 0 Å². The van der Waals surface area contributed by atoms with E-state index in [0.717, 1.165) is 11.8 Å². The number of rotatable bonds is 2. The van der Waals surface area contributed by atoms with Gasteiger partial charge in [-0.15, -0.1) is 0 Å². The van der Waals surface area contributed by atoms with Gasteiger partial charge < -0.3 is 4.90 Å². The number of hydrogen-bond donors (Lipinski definition) is 0. The molecule has 0 saturated heterocycles. The van der Waals surface area contributed by atoms with Gasteiger partial charge in [0.05, 0.1) is 0 Å². The lowest BCUT2D eigenvalue weighted by Crippen LogP contribution is -2.26. The molecule has 0 spiro atoms. The molecule has 0 aromatic rings. The van der Waals surface area contributed by atoms with Crippen molar-refractivity contribution in [3.8, 4) is 0 Å². The Morgan fingerprint density at radius 1 is 1.33 bits per heavy atom. The summed E-state index contributed by atoms with van der Waals surface area (Å²) in [6.07, 6.45) is 5.31. The Morgan fingerprint density at radius 2 is 2.00 bits per heavy atom. The first kappa shape index (κ1) is 8.09. The van der Waals surface area contributed by atoms with Crippen LogP contribution >= 0.6 is 0 Å². The van der Waals surface area contributed by atoms with Gasteiger partial charge in [-0.3, -0.25) is 4.79 Å². The van der Waals surface area contributed by atoms with Crippen LogP contribution in [0.4, 0.5) is 0 Å². The van der Waals surface area contributed by atoms with E-state index in [1.54, 1.807) is 4.90 Å². The van der Waals surface area contributed by atoms with E-state index in [1.165, 1.54) is 25.7 Å². The summed E-state index contributed by atoms with van der Waals surface area (Å²) in [6, 6.07) is 0. The van der Waals surface area contributed by atoms with Crippen molar-refractivity contribution in [2.24, 2.45) is 17.8 Å². The number of hydrogen-bond acceptors (Lipinski definition) is 1. The molecule has 0 radical (unpaired) electrons. The van der Waals surface area contributed by atoms with Crippen LogP contribution in [0.15, 0.2) is 0 Å². The van der Waals surface area contributed by atoms with Crippen LogP contribution < -0.4 is 0 Å². The minimum Gasteiger partial charge on any atom is -0.349 e. The second-order valence-electron chi connectivity index (χ2n) is 4.43. The first-order valence-corrected chi connectivity index (χ1v) is 4.91. The van der Waals surface area contributed by atoms with Gasteiger partial charge in [-0.05, 0) is 18.3 Å². The summed E-state index contributed by atoms with van der Waals surface area (Å²) >= 11 is 0. The van der Waals surface area contributed by atoms with Crippen molar-refractivity contribution < 1.29 is 4.79 Å². The molecule has 2 atom stereocenters. The molecule has 0 aromatic carbocycles. The van der Waals surface area contributed by atoms with E-state index in [-0.39, 0.29) is 0 Å². The SMILES string of the molecule is CN(C)C(=O)C1CC1C1CCC1. The topological polar surface area (TPSA) is 20.3 Å². The third-order valence-corrected chi connectivity index (χ3v) is 3.35. The number of nitrogens with zero attached hydrogens (tertiary/aromatic N) is 1. The fraction of sp³-hybridized carbons (Fsp3) is 0.900. The molecule has 2 aliphatic rings. The first-order chi connectivity index (χ1) is 5.70. The van der Waals surface area contributed by atoms with E-state index >= 15 is 0 Å². The lowest BCUT2D eigenvalue weighted by Gasteiger charge is -2.25. The Hall–Kier alpha value is -0.530. The highest BCUT2D eigenvalue weighted by atomic mass is 16.2. The molecule has 2 heteroatoms. The Kier molecular flexibility index (Phi) is 1.85. The summed E-state index contributed by atoms with van der Waals surface area (Å²) in [4.78, 5) is 13.2. The van der Waals surface area contributed by atoms with E-state index in [9.17, 15) is 4.79 Å². The third kappa shape index (κ3) is 1.23. The molecule has 0 N–H and O–H groups in total. The highest BCUT2D eigenvalue weighted by molar-refractivity contribution is 5.81. The van der Waals surface area contributed by atoms with Crippen LogP contribution in [0.5, 0.6) is 0 Å². The fourth-order valence-corrected chi connectivity index (χ4v) is 2.22. The number of carbonyl (C=O) groups excluding carboxylic acids is 1. The zero-order chi connectivity index (χ0) is 8.72. The van der Waals surface area contributed by atoms with Crippen LogP contribution in [0.2, 0.25) is 0 Å². The normalized spacial score (nSPS) is 34.2. The highest BCUT2D eigenvalue weighted by Gasteiger charge is 2.49. The minimum atomic E-state index is 0.354. The van der Waals surface area contributed by atoms with Gasteiger partial charge in [0.15, 0.2) is 0 Å². The molecule has 0 bridgehead atoms. The molecular weight excluding hydrogens is 150 g/mol. The zero-order valence-corrected chi connectivity index (χ0v) is 7.92. The predicted molar refractivity (Wildman–Crippen MR) is 47.6 cm³/mol. The molecule has 2 nitrogen and oxygen atoms in total. The van der Waals surface area contributed by atoms with Crippen molar-refractivity contribution in [3.63, 3.8) is 0 Å².